The maximum atomic E-state index is 5.12. The second-order valence-electron chi connectivity index (χ2n) is 4.28. The molecule has 0 fully saturated rings. The number of anilines is 1. The van der Waals surface area contributed by atoms with Gasteiger partial charge in [-0.3, -0.25) is 0 Å². The lowest BCUT2D eigenvalue weighted by Gasteiger charge is -2.20. The molecule has 4 heteroatoms. The van der Waals surface area contributed by atoms with Crippen LogP contribution in [-0.2, 0) is 0 Å². The van der Waals surface area contributed by atoms with Gasteiger partial charge in [0.15, 0.2) is 0 Å². The van der Waals surface area contributed by atoms with Gasteiger partial charge in [-0.15, -0.1) is 0 Å². The maximum absolute atomic E-state index is 5.12. The number of hydrogen-bond acceptors (Lipinski definition) is 4. The molecule has 1 unspecified atom stereocenters. The summed E-state index contributed by atoms with van der Waals surface area (Å²) in [6.07, 6.45) is 1.05. The zero-order valence-electron chi connectivity index (χ0n) is 10.7. The molecular formula is C12H21N3O. The van der Waals surface area contributed by atoms with Crippen molar-refractivity contribution in [3.05, 3.63) is 11.8 Å². The summed E-state index contributed by atoms with van der Waals surface area (Å²) in [6, 6.07) is 2.22. The van der Waals surface area contributed by atoms with Gasteiger partial charge in [-0.25, -0.2) is 4.98 Å². The van der Waals surface area contributed by atoms with E-state index in [2.05, 4.69) is 36.1 Å². The normalized spacial score (nSPS) is 12.6. The predicted octanol–water partition coefficient (Wildman–Crippen LogP) is 2.64. The van der Waals surface area contributed by atoms with Crippen LogP contribution in [0.5, 0.6) is 5.88 Å². The van der Waals surface area contributed by atoms with E-state index in [1.807, 2.05) is 13.0 Å². The quantitative estimate of drug-likeness (QED) is 0.833. The van der Waals surface area contributed by atoms with Crippen LogP contribution >= 0.6 is 0 Å². The number of methoxy groups -OCH3 is 1. The minimum absolute atomic E-state index is 0.395. The van der Waals surface area contributed by atoms with E-state index in [1.54, 1.807) is 7.11 Å². The highest BCUT2D eigenvalue weighted by molar-refractivity contribution is 5.31. The molecule has 1 aromatic heterocycles. The standard InChI is InChI=1S/C12H21N3O/c1-6-10(8(2)3)14-12-13-9(4)7-11(15-12)16-5/h7-8,10H,6H2,1-5H3,(H,13,14,15). The molecule has 1 aromatic rings. The molecule has 0 aliphatic rings. The van der Waals surface area contributed by atoms with E-state index in [9.17, 15) is 0 Å². The van der Waals surface area contributed by atoms with Crippen molar-refractivity contribution in [1.29, 1.82) is 0 Å². The van der Waals surface area contributed by atoms with E-state index in [0.29, 0.717) is 23.8 Å². The Hall–Kier alpha value is -1.32. The van der Waals surface area contributed by atoms with E-state index in [-0.39, 0.29) is 0 Å². The molecule has 0 bridgehead atoms. The number of nitrogens with one attached hydrogen (secondary N) is 1. The van der Waals surface area contributed by atoms with Gasteiger partial charge in [-0.05, 0) is 19.3 Å². The van der Waals surface area contributed by atoms with Crippen molar-refractivity contribution in [3.63, 3.8) is 0 Å². The van der Waals surface area contributed by atoms with Crippen molar-refractivity contribution in [2.75, 3.05) is 12.4 Å². The fraction of sp³-hybridized carbons (Fsp3) is 0.667. The summed E-state index contributed by atoms with van der Waals surface area (Å²) in [6.45, 7) is 8.47. The molecule has 0 aliphatic carbocycles. The maximum Gasteiger partial charge on any atom is 0.226 e. The molecule has 0 saturated carbocycles. The minimum Gasteiger partial charge on any atom is -0.481 e. The van der Waals surface area contributed by atoms with E-state index in [0.717, 1.165) is 12.1 Å². The fourth-order valence-corrected chi connectivity index (χ4v) is 1.61. The Morgan fingerprint density at radius 3 is 2.56 bits per heavy atom. The average molecular weight is 223 g/mol. The summed E-state index contributed by atoms with van der Waals surface area (Å²) in [7, 11) is 1.62. The van der Waals surface area contributed by atoms with Crippen LogP contribution in [0.1, 0.15) is 32.9 Å². The lowest BCUT2D eigenvalue weighted by atomic mass is 10.0. The molecule has 1 rings (SSSR count). The van der Waals surface area contributed by atoms with Crippen LogP contribution in [0.2, 0.25) is 0 Å². The van der Waals surface area contributed by atoms with Crippen LogP contribution in [0.25, 0.3) is 0 Å². The Bertz CT molecular complexity index is 339. The number of hydrogen-bond donors (Lipinski definition) is 1. The molecule has 90 valence electrons. The second-order valence-corrected chi connectivity index (χ2v) is 4.28. The van der Waals surface area contributed by atoms with E-state index < -0.39 is 0 Å². The molecule has 0 spiro atoms. The smallest absolute Gasteiger partial charge is 0.226 e. The molecule has 0 amide bonds. The molecule has 0 aliphatic heterocycles. The van der Waals surface area contributed by atoms with Gasteiger partial charge in [-0.1, -0.05) is 20.8 Å². The molecule has 1 N–H and O–H groups in total. The number of aromatic nitrogens is 2. The highest BCUT2D eigenvalue weighted by Crippen LogP contribution is 2.15. The third-order valence-corrected chi connectivity index (χ3v) is 2.60. The molecular weight excluding hydrogens is 202 g/mol. The van der Waals surface area contributed by atoms with Crippen LogP contribution < -0.4 is 10.1 Å². The van der Waals surface area contributed by atoms with E-state index in [1.165, 1.54) is 0 Å². The summed E-state index contributed by atoms with van der Waals surface area (Å²) < 4.78 is 5.12. The van der Waals surface area contributed by atoms with Crippen molar-refractivity contribution in [1.82, 2.24) is 9.97 Å². The second kappa shape index (κ2) is 5.68. The first kappa shape index (κ1) is 12.7. The lowest BCUT2D eigenvalue weighted by molar-refractivity contribution is 0.396. The number of nitrogens with zero attached hydrogens (tertiary/aromatic N) is 2. The van der Waals surface area contributed by atoms with Crippen molar-refractivity contribution in [2.24, 2.45) is 5.92 Å². The molecule has 4 nitrogen and oxygen atoms in total. The molecule has 0 radical (unpaired) electrons. The lowest BCUT2D eigenvalue weighted by Crippen LogP contribution is -2.25. The van der Waals surface area contributed by atoms with Gasteiger partial charge in [-0.2, -0.15) is 4.98 Å². The van der Waals surface area contributed by atoms with Crippen LogP contribution in [0.4, 0.5) is 5.95 Å². The highest BCUT2D eigenvalue weighted by atomic mass is 16.5. The van der Waals surface area contributed by atoms with Gasteiger partial charge in [0.25, 0.3) is 0 Å². The summed E-state index contributed by atoms with van der Waals surface area (Å²) in [5, 5.41) is 3.34. The third-order valence-electron chi connectivity index (χ3n) is 2.60. The van der Waals surface area contributed by atoms with Gasteiger partial charge >= 0.3 is 0 Å². The van der Waals surface area contributed by atoms with Crippen molar-refractivity contribution in [3.8, 4) is 5.88 Å². The first-order chi connectivity index (χ1) is 7.56. The third kappa shape index (κ3) is 3.36. The monoisotopic (exact) mass is 223 g/mol. The number of rotatable bonds is 5. The Kier molecular flexibility index (Phi) is 4.52. The molecule has 1 atom stereocenters. The molecule has 0 saturated heterocycles. The first-order valence-electron chi connectivity index (χ1n) is 5.73. The van der Waals surface area contributed by atoms with Crippen molar-refractivity contribution >= 4 is 5.95 Å². The Labute approximate surface area is 97.5 Å². The van der Waals surface area contributed by atoms with E-state index >= 15 is 0 Å². The van der Waals surface area contributed by atoms with E-state index in [4.69, 9.17) is 4.74 Å². The summed E-state index contributed by atoms with van der Waals surface area (Å²) in [5.74, 6) is 1.81. The zero-order chi connectivity index (χ0) is 12.1. The first-order valence-corrected chi connectivity index (χ1v) is 5.73. The van der Waals surface area contributed by atoms with Crippen molar-refractivity contribution in [2.45, 2.75) is 40.2 Å². The molecule has 1 heterocycles. The summed E-state index contributed by atoms with van der Waals surface area (Å²) in [4.78, 5) is 8.63. The number of aryl methyl sites for hydroxylation is 1. The topological polar surface area (TPSA) is 47.0 Å². The average Bonchev–Trinajstić information content (AvgIpc) is 2.24. The van der Waals surface area contributed by atoms with Gasteiger partial charge < -0.3 is 10.1 Å². The summed E-state index contributed by atoms with van der Waals surface area (Å²) >= 11 is 0. The minimum atomic E-state index is 0.395. The SMILES string of the molecule is CCC(Nc1nc(C)cc(OC)n1)C(C)C. The van der Waals surface area contributed by atoms with Crippen LogP contribution in [0.3, 0.4) is 0 Å². The Morgan fingerprint density at radius 1 is 1.38 bits per heavy atom. The zero-order valence-corrected chi connectivity index (χ0v) is 10.7. The van der Waals surface area contributed by atoms with Crippen LogP contribution in [0, 0.1) is 12.8 Å². The van der Waals surface area contributed by atoms with Gasteiger partial charge in [0.2, 0.25) is 11.8 Å². The highest BCUT2D eigenvalue weighted by Gasteiger charge is 2.12. The fourth-order valence-electron chi connectivity index (χ4n) is 1.61. The summed E-state index contributed by atoms with van der Waals surface area (Å²) in [5.41, 5.74) is 0.910. The van der Waals surface area contributed by atoms with Gasteiger partial charge in [0, 0.05) is 17.8 Å². The molecule has 0 aromatic carbocycles. The largest absolute Gasteiger partial charge is 0.481 e. The predicted molar refractivity (Wildman–Crippen MR) is 65.9 cm³/mol. The van der Waals surface area contributed by atoms with Gasteiger partial charge in [0.1, 0.15) is 0 Å². The van der Waals surface area contributed by atoms with Crippen LogP contribution in [-0.4, -0.2) is 23.1 Å². The Balaban J connectivity index is 2.83. The van der Waals surface area contributed by atoms with Gasteiger partial charge in [0.05, 0.1) is 7.11 Å². The van der Waals surface area contributed by atoms with Crippen LogP contribution in [0.15, 0.2) is 6.07 Å². The Morgan fingerprint density at radius 2 is 2.06 bits per heavy atom. The molecule has 16 heavy (non-hydrogen) atoms. The van der Waals surface area contributed by atoms with Crippen molar-refractivity contribution < 1.29 is 4.74 Å². The number of ether oxygens (including phenoxy) is 1.